The fourth-order valence-electron chi connectivity index (χ4n) is 2.07. The van der Waals surface area contributed by atoms with E-state index in [0.717, 1.165) is 28.0 Å². The van der Waals surface area contributed by atoms with Crippen LogP contribution < -0.4 is 4.74 Å². The van der Waals surface area contributed by atoms with E-state index < -0.39 is 0 Å². The molecule has 1 aromatic carbocycles. The molecule has 1 aliphatic heterocycles. The topological polar surface area (TPSA) is 27.1 Å². The molecule has 2 aromatic rings. The van der Waals surface area contributed by atoms with Crippen molar-refractivity contribution in [3.05, 3.63) is 34.6 Å². The van der Waals surface area contributed by atoms with Gasteiger partial charge in [-0.15, -0.1) is 0 Å². The molecule has 0 amide bonds. The number of rotatable bonds is 1. The second-order valence-corrected chi connectivity index (χ2v) is 5.20. The Bertz CT molecular complexity index is 579. The number of ether oxygens (including phenoxy) is 1. The Labute approximate surface area is 113 Å². The lowest BCUT2D eigenvalue weighted by Gasteiger charge is -2.21. The number of halogens is 2. The zero-order valence-corrected chi connectivity index (χ0v) is 11.4. The van der Waals surface area contributed by atoms with E-state index >= 15 is 0 Å². The molecule has 2 heterocycles. The Morgan fingerprint density at radius 3 is 2.78 bits per heavy atom. The Balaban J connectivity index is 2.10. The van der Waals surface area contributed by atoms with Gasteiger partial charge in [0.15, 0.2) is 0 Å². The van der Waals surface area contributed by atoms with Crippen LogP contribution in [0.5, 0.6) is 5.88 Å². The van der Waals surface area contributed by atoms with Crippen LogP contribution in [0.2, 0.25) is 0 Å². The van der Waals surface area contributed by atoms with Gasteiger partial charge in [-0.2, -0.15) is 5.10 Å². The third-order valence-electron chi connectivity index (χ3n) is 3.12. The molecule has 94 valence electrons. The first-order chi connectivity index (χ1) is 8.66. The minimum absolute atomic E-state index is 0.247. The quantitative estimate of drug-likeness (QED) is 0.801. The van der Waals surface area contributed by atoms with Crippen LogP contribution in [0.15, 0.2) is 28.7 Å². The minimum atomic E-state index is -0.247. The molecule has 0 aliphatic carbocycles. The van der Waals surface area contributed by atoms with Gasteiger partial charge in [-0.3, -0.25) is 0 Å². The van der Waals surface area contributed by atoms with Crippen LogP contribution in [-0.2, 0) is 0 Å². The maximum Gasteiger partial charge on any atom is 0.227 e. The molecule has 1 aliphatic rings. The predicted octanol–water partition coefficient (Wildman–Crippen LogP) is 3.80. The molecule has 3 rings (SSSR count). The molecule has 5 heteroatoms. The zero-order valence-electron chi connectivity index (χ0n) is 9.86. The molecule has 3 nitrogen and oxygen atoms in total. The summed E-state index contributed by atoms with van der Waals surface area (Å²) in [5, 5.41) is 4.55. The van der Waals surface area contributed by atoms with Gasteiger partial charge >= 0.3 is 0 Å². The van der Waals surface area contributed by atoms with Gasteiger partial charge in [-0.1, -0.05) is 0 Å². The lowest BCUT2D eigenvalue weighted by atomic mass is 10.1. The molecule has 1 unspecified atom stereocenters. The molecule has 1 aromatic heterocycles. The van der Waals surface area contributed by atoms with Gasteiger partial charge in [-0.25, -0.2) is 9.07 Å². The maximum absolute atomic E-state index is 12.9. The Hall–Kier alpha value is -1.36. The molecular formula is C13H12BrFN2O. The summed E-state index contributed by atoms with van der Waals surface area (Å²) >= 11 is 3.52. The number of aromatic nitrogens is 2. The summed E-state index contributed by atoms with van der Waals surface area (Å²) < 4.78 is 21.3. The van der Waals surface area contributed by atoms with Gasteiger partial charge in [-0.05, 0) is 47.1 Å². The zero-order chi connectivity index (χ0) is 12.7. The first-order valence-corrected chi connectivity index (χ1v) is 6.63. The lowest BCUT2D eigenvalue weighted by molar-refractivity contribution is 0.200. The number of hydrogen-bond acceptors (Lipinski definition) is 2. The van der Waals surface area contributed by atoms with Crippen LogP contribution in [-0.4, -0.2) is 16.4 Å². The fourth-order valence-corrected chi connectivity index (χ4v) is 2.67. The molecule has 18 heavy (non-hydrogen) atoms. The minimum Gasteiger partial charge on any atom is -0.477 e. The van der Waals surface area contributed by atoms with Gasteiger partial charge in [0.2, 0.25) is 5.88 Å². The van der Waals surface area contributed by atoms with Crippen molar-refractivity contribution >= 4 is 15.9 Å². The van der Waals surface area contributed by atoms with Crippen molar-refractivity contribution in [3.8, 4) is 17.1 Å². The first kappa shape index (κ1) is 11.7. The van der Waals surface area contributed by atoms with E-state index in [2.05, 4.69) is 28.0 Å². The van der Waals surface area contributed by atoms with E-state index in [0.29, 0.717) is 12.6 Å². The van der Waals surface area contributed by atoms with E-state index in [1.54, 1.807) is 12.1 Å². The summed E-state index contributed by atoms with van der Waals surface area (Å²) in [6, 6.07) is 6.63. The number of fused-ring (bicyclic) bond motifs is 1. The van der Waals surface area contributed by atoms with Gasteiger partial charge in [0.05, 0.1) is 12.6 Å². The van der Waals surface area contributed by atoms with Crippen LogP contribution in [0.3, 0.4) is 0 Å². The number of benzene rings is 1. The highest BCUT2D eigenvalue weighted by Crippen LogP contribution is 2.39. The van der Waals surface area contributed by atoms with Crippen LogP contribution in [0.4, 0.5) is 4.39 Å². The molecular weight excluding hydrogens is 299 g/mol. The average molecular weight is 311 g/mol. The van der Waals surface area contributed by atoms with Crippen LogP contribution in [0.1, 0.15) is 19.4 Å². The molecule has 0 fully saturated rings. The SMILES string of the molecule is CC1CCOc2c(Br)c(-c3ccc(F)cc3)nn21. The lowest BCUT2D eigenvalue weighted by Crippen LogP contribution is -2.19. The van der Waals surface area contributed by atoms with Crippen molar-refractivity contribution in [2.45, 2.75) is 19.4 Å². The summed E-state index contributed by atoms with van der Waals surface area (Å²) in [5.74, 6) is 0.511. The van der Waals surface area contributed by atoms with Crippen LogP contribution >= 0.6 is 15.9 Å². The third-order valence-corrected chi connectivity index (χ3v) is 3.84. The van der Waals surface area contributed by atoms with Crippen molar-refractivity contribution in [2.24, 2.45) is 0 Å². The van der Waals surface area contributed by atoms with E-state index in [9.17, 15) is 4.39 Å². The van der Waals surface area contributed by atoms with Crippen molar-refractivity contribution < 1.29 is 9.13 Å². The summed E-state index contributed by atoms with van der Waals surface area (Å²) in [4.78, 5) is 0. The van der Waals surface area contributed by atoms with Crippen molar-refractivity contribution in [1.29, 1.82) is 0 Å². The third kappa shape index (κ3) is 1.82. The van der Waals surface area contributed by atoms with Crippen molar-refractivity contribution in [3.63, 3.8) is 0 Å². The molecule has 0 saturated heterocycles. The highest BCUT2D eigenvalue weighted by atomic mass is 79.9. The van der Waals surface area contributed by atoms with Crippen LogP contribution in [0, 0.1) is 5.82 Å². The highest BCUT2D eigenvalue weighted by Gasteiger charge is 2.25. The summed E-state index contributed by atoms with van der Waals surface area (Å²) in [6.45, 7) is 2.81. The molecule has 0 bridgehead atoms. The van der Waals surface area contributed by atoms with Gasteiger partial charge in [0.1, 0.15) is 16.0 Å². The Kier molecular flexibility index (Phi) is 2.86. The molecule has 0 N–H and O–H groups in total. The van der Waals surface area contributed by atoms with E-state index in [-0.39, 0.29) is 5.82 Å². The summed E-state index contributed by atoms with van der Waals surface area (Å²) in [6.07, 6.45) is 0.948. The monoisotopic (exact) mass is 310 g/mol. The molecule has 0 radical (unpaired) electrons. The second kappa shape index (κ2) is 4.39. The van der Waals surface area contributed by atoms with E-state index in [1.165, 1.54) is 12.1 Å². The molecule has 0 saturated carbocycles. The van der Waals surface area contributed by atoms with Gasteiger partial charge in [0, 0.05) is 12.0 Å². The summed E-state index contributed by atoms with van der Waals surface area (Å²) in [7, 11) is 0. The summed E-state index contributed by atoms with van der Waals surface area (Å²) in [5.41, 5.74) is 1.67. The number of nitrogens with zero attached hydrogens (tertiary/aromatic N) is 2. The van der Waals surface area contributed by atoms with Gasteiger partial charge in [0.25, 0.3) is 0 Å². The van der Waals surface area contributed by atoms with Gasteiger partial charge < -0.3 is 4.74 Å². The molecule has 1 atom stereocenters. The standard InChI is InChI=1S/C13H12BrFN2O/c1-8-6-7-18-13-11(14)12(16-17(8)13)9-2-4-10(15)5-3-9/h2-5,8H,6-7H2,1H3. The Morgan fingerprint density at radius 2 is 2.11 bits per heavy atom. The first-order valence-electron chi connectivity index (χ1n) is 5.83. The average Bonchev–Trinajstić information content (AvgIpc) is 2.70. The van der Waals surface area contributed by atoms with E-state index in [1.807, 2.05) is 4.68 Å². The predicted molar refractivity (Wildman–Crippen MR) is 70.1 cm³/mol. The maximum atomic E-state index is 12.9. The second-order valence-electron chi connectivity index (χ2n) is 4.41. The normalized spacial score (nSPS) is 18.3. The van der Waals surface area contributed by atoms with E-state index in [4.69, 9.17) is 4.74 Å². The Morgan fingerprint density at radius 1 is 1.39 bits per heavy atom. The largest absolute Gasteiger partial charge is 0.477 e. The fraction of sp³-hybridized carbons (Fsp3) is 0.308. The van der Waals surface area contributed by atoms with Crippen molar-refractivity contribution in [1.82, 2.24) is 9.78 Å². The molecule has 0 spiro atoms. The van der Waals surface area contributed by atoms with Crippen LogP contribution in [0.25, 0.3) is 11.3 Å². The highest BCUT2D eigenvalue weighted by molar-refractivity contribution is 9.10. The smallest absolute Gasteiger partial charge is 0.227 e. The number of hydrogen-bond donors (Lipinski definition) is 0. The van der Waals surface area contributed by atoms with Crippen molar-refractivity contribution in [2.75, 3.05) is 6.61 Å².